The summed E-state index contributed by atoms with van der Waals surface area (Å²) in [4.78, 5) is 28.8. The lowest BCUT2D eigenvalue weighted by molar-refractivity contribution is -0.116. The van der Waals surface area contributed by atoms with Gasteiger partial charge in [-0.3, -0.25) is 9.59 Å². The number of nitrogens with one attached hydrogen (secondary N) is 1. The van der Waals surface area contributed by atoms with Gasteiger partial charge in [-0.2, -0.15) is 0 Å². The Balaban J connectivity index is 1.45. The third-order valence-corrected chi connectivity index (χ3v) is 5.28. The van der Waals surface area contributed by atoms with E-state index in [0.717, 1.165) is 29.7 Å². The van der Waals surface area contributed by atoms with Gasteiger partial charge in [0.2, 0.25) is 5.91 Å². The standard InChI is InChI=1S/C21H23BrFN3O2/c22-17-4-8-19(9-5-17)24-20(27)10-13-25-11-1-12-26(15-14-25)21(28)16-2-6-18(23)7-3-16/h2-9H,1,10-15H2,(H,24,27). The molecule has 2 aromatic carbocycles. The zero-order chi connectivity index (χ0) is 19.9. The molecule has 148 valence electrons. The summed E-state index contributed by atoms with van der Waals surface area (Å²) in [6.45, 7) is 3.49. The summed E-state index contributed by atoms with van der Waals surface area (Å²) in [6, 6.07) is 13.1. The fraction of sp³-hybridized carbons (Fsp3) is 0.333. The van der Waals surface area contributed by atoms with Crippen molar-refractivity contribution in [3.63, 3.8) is 0 Å². The fourth-order valence-corrected chi connectivity index (χ4v) is 3.45. The molecule has 0 bridgehead atoms. The highest BCUT2D eigenvalue weighted by atomic mass is 79.9. The molecule has 1 aliphatic rings. The average molecular weight is 448 g/mol. The summed E-state index contributed by atoms with van der Waals surface area (Å²) in [6.07, 6.45) is 1.25. The molecular formula is C21H23BrFN3O2. The number of anilines is 1. The van der Waals surface area contributed by atoms with Crippen LogP contribution >= 0.6 is 15.9 Å². The van der Waals surface area contributed by atoms with Gasteiger partial charge < -0.3 is 15.1 Å². The molecule has 0 saturated carbocycles. The number of rotatable bonds is 5. The molecule has 0 aromatic heterocycles. The van der Waals surface area contributed by atoms with Gasteiger partial charge in [-0.15, -0.1) is 0 Å². The molecule has 3 rings (SSSR count). The Bertz CT molecular complexity index is 811. The van der Waals surface area contributed by atoms with Crippen LogP contribution in [0.25, 0.3) is 0 Å². The first-order chi connectivity index (χ1) is 13.5. The summed E-state index contributed by atoms with van der Waals surface area (Å²) in [5, 5.41) is 2.90. The molecule has 7 heteroatoms. The first-order valence-corrected chi connectivity index (χ1v) is 10.1. The molecule has 0 aliphatic carbocycles. The van der Waals surface area contributed by atoms with Crippen LogP contribution in [0.4, 0.5) is 10.1 Å². The van der Waals surface area contributed by atoms with Gasteiger partial charge in [0.15, 0.2) is 0 Å². The van der Waals surface area contributed by atoms with Gasteiger partial charge in [0.1, 0.15) is 5.82 Å². The highest BCUT2D eigenvalue weighted by Gasteiger charge is 2.20. The van der Waals surface area contributed by atoms with Crippen molar-refractivity contribution in [2.75, 3.05) is 38.0 Å². The van der Waals surface area contributed by atoms with Gasteiger partial charge in [0.05, 0.1) is 0 Å². The van der Waals surface area contributed by atoms with Crippen LogP contribution in [0.5, 0.6) is 0 Å². The van der Waals surface area contributed by atoms with Gasteiger partial charge in [0.25, 0.3) is 5.91 Å². The number of nitrogens with zero attached hydrogens (tertiary/aromatic N) is 2. The Labute approximate surface area is 172 Å². The highest BCUT2D eigenvalue weighted by molar-refractivity contribution is 9.10. The van der Waals surface area contributed by atoms with Crippen LogP contribution in [0.15, 0.2) is 53.0 Å². The van der Waals surface area contributed by atoms with Gasteiger partial charge in [0, 0.05) is 48.3 Å². The van der Waals surface area contributed by atoms with E-state index in [2.05, 4.69) is 26.1 Å². The monoisotopic (exact) mass is 447 g/mol. The van der Waals surface area contributed by atoms with E-state index in [9.17, 15) is 14.0 Å². The molecule has 1 aliphatic heterocycles. The molecular weight excluding hydrogens is 425 g/mol. The lowest BCUT2D eigenvalue weighted by atomic mass is 10.2. The second-order valence-corrected chi connectivity index (χ2v) is 7.72. The quantitative estimate of drug-likeness (QED) is 0.758. The molecule has 2 amide bonds. The average Bonchev–Trinajstić information content (AvgIpc) is 2.94. The van der Waals surface area contributed by atoms with Crippen molar-refractivity contribution >= 4 is 33.4 Å². The molecule has 0 unspecified atom stereocenters. The number of carbonyl (C=O) groups excluding carboxylic acids is 2. The summed E-state index contributed by atoms with van der Waals surface area (Å²) in [7, 11) is 0. The topological polar surface area (TPSA) is 52.7 Å². The minimum absolute atomic E-state index is 0.0224. The molecule has 28 heavy (non-hydrogen) atoms. The summed E-state index contributed by atoms with van der Waals surface area (Å²) in [5.41, 5.74) is 1.28. The van der Waals surface area contributed by atoms with Crippen LogP contribution in [-0.4, -0.2) is 54.3 Å². The van der Waals surface area contributed by atoms with Gasteiger partial charge in [-0.05, 0) is 61.5 Å². The molecule has 0 spiro atoms. The molecule has 5 nitrogen and oxygen atoms in total. The molecule has 2 aromatic rings. The number of hydrogen-bond donors (Lipinski definition) is 1. The van der Waals surface area contributed by atoms with Crippen LogP contribution in [-0.2, 0) is 4.79 Å². The molecule has 0 radical (unpaired) electrons. The second-order valence-electron chi connectivity index (χ2n) is 6.80. The third-order valence-electron chi connectivity index (χ3n) is 4.75. The molecule has 0 atom stereocenters. The Kier molecular flexibility index (Phi) is 7.17. The minimum atomic E-state index is -0.347. The van der Waals surface area contributed by atoms with Crippen LogP contribution in [0.2, 0.25) is 0 Å². The number of benzene rings is 2. The Morgan fingerprint density at radius 1 is 0.964 bits per heavy atom. The first kappa shape index (κ1) is 20.5. The van der Waals surface area contributed by atoms with Crippen LogP contribution < -0.4 is 5.32 Å². The number of hydrogen-bond acceptors (Lipinski definition) is 3. The Morgan fingerprint density at radius 3 is 2.39 bits per heavy atom. The summed E-state index contributed by atoms with van der Waals surface area (Å²) in [5.74, 6) is -0.444. The smallest absolute Gasteiger partial charge is 0.253 e. The maximum atomic E-state index is 13.0. The van der Waals surface area contributed by atoms with Crippen molar-refractivity contribution < 1.29 is 14.0 Å². The first-order valence-electron chi connectivity index (χ1n) is 9.34. The SMILES string of the molecule is O=C(CCN1CCCN(C(=O)c2ccc(F)cc2)CC1)Nc1ccc(Br)cc1. The van der Waals surface area contributed by atoms with E-state index in [-0.39, 0.29) is 17.6 Å². The maximum Gasteiger partial charge on any atom is 0.253 e. The molecule has 1 saturated heterocycles. The zero-order valence-electron chi connectivity index (χ0n) is 15.5. The van der Waals surface area contributed by atoms with Gasteiger partial charge in [-0.25, -0.2) is 4.39 Å². The van der Waals surface area contributed by atoms with Crippen molar-refractivity contribution in [2.45, 2.75) is 12.8 Å². The minimum Gasteiger partial charge on any atom is -0.337 e. The number of amides is 2. The normalized spacial score (nSPS) is 15.1. The largest absolute Gasteiger partial charge is 0.337 e. The van der Waals surface area contributed by atoms with E-state index < -0.39 is 0 Å². The maximum absolute atomic E-state index is 13.0. The summed E-state index contributed by atoms with van der Waals surface area (Å²) >= 11 is 3.37. The zero-order valence-corrected chi connectivity index (χ0v) is 17.1. The van der Waals surface area contributed by atoms with Crippen LogP contribution in [0.3, 0.4) is 0 Å². The predicted molar refractivity (Wildman–Crippen MR) is 111 cm³/mol. The van der Waals surface area contributed by atoms with E-state index in [4.69, 9.17) is 0 Å². The Hall–Kier alpha value is -2.25. The molecule has 1 fully saturated rings. The van der Waals surface area contributed by atoms with Gasteiger partial charge >= 0.3 is 0 Å². The Morgan fingerprint density at radius 2 is 1.68 bits per heavy atom. The van der Waals surface area contributed by atoms with E-state index in [1.165, 1.54) is 24.3 Å². The highest BCUT2D eigenvalue weighted by Crippen LogP contribution is 2.15. The lowest BCUT2D eigenvalue weighted by Crippen LogP contribution is -2.36. The number of carbonyl (C=O) groups is 2. The van der Waals surface area contributed by atoms with E-state index >= 15 is 0 Å². The predicted octanol–water partition coefficient (Wildman–Crippen LogP) is 3.76. The lowest BCUT2D eigenvalue weighted by Gasteiger charge is -2.22. The molecule has 1 heterocycles. The van der Waals surface area contributed by atoms with Crippen molar-refractivity contribution in [1.82, 2.24) is 9.80 Å². The van der Waals surface area contributed by atoms with Gasteiger partial charge in [-0.1, -0.05) is 15.9 Å². The van der Waals surface area contributed by atoms with Crippen molar-refractivity contribution in [3.05, 3.63) is 64.4 Å². The number of halogens is 2. The van der Waals surface area contributed by atoms with E-state index in [0.29, 0.717) is 31.6 Å². The van der Waals surface area contributed by atoms with E-state index in [1.807, 2.05) is 24.3 Å². The third kappa shape index (κ3) is 5.87. The molecule has 1 N–H and O–H groups in total. The fourth-order valence-electron chi connectivity index (χ4n) is 3.19. The van der Waals surface area contributed by atoms with E-state index in [1.54, 1.807) is 4.90 Å². The second kappa shape index (κ2) is 9.80. The van der Waals surface area contributed by atoms with Crippen molar-refractivity contribution in [2.24, 2.45) is 0 Å². The van der Waals surface area contributed by atoms with Crippen LogP contribution in [0.1, 0.15) is 23.2 Å². The van der Waals surface area contributed by atoms with Crippen molar-refractivity contribution in [1.29, 1.82) is 0 Å². The van der Waals surface area contributed by atoms with Crippen LogP contribution in [0, 0.1) is 5.82 Å². The summed E-state index contributed by atoms with van der Waals surface area (Å²) < 4.78 is 14.0. The van der Waals surface area contributed by atoms with Crippen molar-refractivity contribution in [3.8, 4) is 0 Å².